The normalized spacial score (nSPS) is 25.4. The van der Waals surface area contributed by atoms with Crippen molar-refractivity contribution in [3.05, 3.63) is 59.7 Å². The fraction of sp³-hybridized carbons (Fsp3) is 0.481. The molecule has 4 atom stereocenters. The summed E-state index contributed by atoms with van der Waals surface area (Å²) in [6.07, 6.45) is 3.56. The first-order chi connectivity index (χ1) is 16.6. The van der Waals surface area contributed by atoms with E-state index in [0.29, 0.717) is 13.0 Å². The van der Waals surface area contributed by atoms with Crippen molar-refractivity contribution in [3.8, 4) is 5.75 Å². The van der Waals surface area contributed by atoms with Crippen LogP contribution in [0.2, 0.25) is 0 Å². The third kappa shape index (κ3) is 4.95. The van der Waals surface area contributed by atoms with Gasteiger partial charge in [0, 0.05) is 29.6 Å². The van der Waals surface area contributed by atoms with Crippen molar-refractivity contribution >= 4 is 17.5 Å². The Morgan fingerprint density at radius 3 is 2.65 bits per heavy atom. The van der Waals surface area contributed by atoms with Gasteiger partial charge in [-0.2, -0.15) is 0 Å². The number of fused-ring (bicyclic) bond motifs is 3. The van der Waals surface area contributed by atoms with E-state index in [4.69, 9.17) is 9.47 Å². The van der Waals surface area contributed by atoms with Gasteiger partial charge in [-0.15, -0.1) is 0 Å². The molecular weight excluding hydrogens is 432 g/mol. The molecule has 7 heteroatoms. The van der Waals surface area contributed by atoms with E-state index in [1.807, 2.05) is 48.5 Å². The molecule has 2 heterocycles. The lowest BCUT2D eigenvalue weighted by molar-refractivity contribution is -0.142. The van der Waals surface area contributed by atoms with Gasteiger partial charge < -0.3 is 25.2 Å². The van der Waals surface area contributed by atoms with Crippen LogP contribution in [0.1, 0.15) is 49.1 Å². The molecule has 3 aliphatic rings. The van der Waals surface area contributed by atoms with Gasteiger partial charge >= 0.3 is 0 Å². The highest BCUT2D eigenvalue weighted by atomic mass is 16.6. The van der Waals surface area contributed by atoms with E-state index < -0.39 is 6.10 Å². The maximum Gasteiger partial charge on any atom is 0.227 e. The molecule has 0 radical (unpaired) electrons. The Hall–Kier alpha value is -2.90. The van der Waals surface area contributed by atoms with E-state index in [0.717, 1.165) is 42.7 Å². The number of benzene rings is 2. The zero-order valence-corrected chi connectivity index (χ0v) is 19.2. The second kappa shape index (κ2) is 10.2. The second-order valence-corrected chi connectivity index (χ2v) is 9.56. The molecule has 5 rings (SSSR count). The van der Waals surface area contributed by atoms with E-state index >= 15 is 0 Å². The van der Waals surface area contributed by atoms with Gasteiger partial charge in [0.15, 0.2) is 0 Å². The number of aliphatic hydroxyl groups excluding tert-OH is 1. The van der Waals surface area contributed by atoms with Crippen molar-refractivity contribution in [3.63, 3.8) is 0 Å². The summed E-state index contributed by atoms with van der Waals surface area (Å²) in [6.45, 7) is 0.396. The molecule has 1 saturated carbocycles. The number of carbonyl (C=O) groups is 2. The van der Waals surface area contributed by atoms with Gasteiger partial charge in [-0.25, -0.2) is 0 Å². The topological polar surface area (TPSA) is 96.9 Å². The smallest absolute Gasteiger partial charge is 0.227 e. The van der Waals surface area contributed by atoms with E-state index in [2.05, 4.69) is 10.6 Å². The van der Waals surface area contributed by atoms with Gasteiger partial charge in [0.05, 0.1) is 19.1 Å². The predicted molar refractivity (Wildman–Crippen MR) is 128 cm³/mol. The number of carbonyl (C=O) groups excluding carboxylic acids is 2. The Kier molecular flexibility index (Phi) is 6.83. The summed E-state index contributed by atoms with van der Waals surface area (Å²) in [5, 5.41) is 16.0. The fourth-order valence-electron chi connectivity index (χ4n) is 5.15. The van der Waals surface area contributed by atoms with Crippen molar-refractivity contribution in [2.45, 2.75) is 62.8 Å². The standard InChI is InChI=1S/C27H32N2O5/c30-16-24-26-22(14-20(33-24)15-25(31)28-12-11-17-5-2-1-3-6-17)21-13-19(9-10-23(21)34-26)29-27(32)18-7-4-8-18/h1-3,5-6,9-10,13,18,20,22,24,26,30H,4,7-8,11-12,14-16H2,(H,28,31)(H,29,32)/t20-,22+,24-,26-/m1/s1. The van der Waals surface area contributed by atoms with Crippen LogP contribution in [0.4, 0.5) is 5.69 Å². The minimum Gasteiger partial charge on any atom is -0.487 e. The molecular formula is C27H32N2O5. The number of hydrogen-bond acceptors (Lipinski definition) is 5. The van der Waals surface area contributed by atoms with Gasteiger partial charge in [-0.05, 0) is 49.4 Å². The quantitative estimate of drug-likeness (QED) is 0.558. The van der Waals surface area contributed by atoms with Crippen LogP contribution >= 0.6 is 0 Å². The first-order valence-electron chi connectivity index (χ1n) is 12.3. The fourth-order valence-corrected chi connectivity index (χ4v) is 5.15. The summed E-state index contributed by atoms with van der Waals surface area (Å²) >= 11 is 0. The van der Waals surface area contributed by atoms with Gasteiger partial charge in [0.1, 0.15) is 18.0 Å². The molecule has 180 valence electrons. The molecule has 2 aromatic carbocycles. The highest BCUT2D eigenvalue weighted by Gasteiger charge is 2.46. The summed E-state index contributed by atoms with van der Waals surface area (Å²) in [7, 11) is 0. The number of anilines is 1. The molecule has 2 aliphatic heterocycles. The van der Waals surface area contributed by atoms with Crippen LogP contribution in [0.5, 0.6) is 5.75 Å². The molecule has 1 aliphatic carbocycles. The lowest BCUT2D eigenvalue weighted by Crippen LogP contribution is -2.47. The molecule has 0 bridgehead atoms. The molecule has 2 aromatic rings. The Morgan fingerprint density at radius 2 is 1.91 bits per heavy atom. The Balaban J connectivity index is 1.21. The van der Waals surface area contributed by atoms with Crippen molar-refractivity contribution in [1.82, 2.24) is 5.32 Å². The first kappa shape index (κ1) is 22.9. The van der Waals surface area contributed by atoms with Crippen LogP contribution in [-0.2, 0) is 20.7 Å². The molecule has 2 fully saturated rings. The molecule has 3 N–H and O–H groups in total. The number of ether oxygens (including phenoxy) is 2. The summed E-state index contributed by atoms with van der Waals surface area (Å²) in [5.41, 5.74) is 2.95. The molecule has 1 saturated heterocycles. The summed E-state index contributed by atoms with van der Waals surface area (Å²) in [6, 6.07) is 15.8. The Labute approximate surface area is 199 Å². The molecule has 0 aromatic heterocycles. The third-order valence-corrected chi connectivity index (χ3v) is 7.23. The number of amides is 2. The number of aliphatic hydroxyl groups is 1. The molecule has 34 heavy (non-hydrogen) atoms. The maximum atomic E-state index is 12.6. The van der Waals surface area contributed by atoms with Crippen LogP contribution < -0.4 is 15.4 Å². The second-order valence-electron chi connectivity index (χ2n) is 9.56. The van der Waals surface area contributed by atoms with Crippen LogP contribution in [0.15, 0.2) is 48.5 Å². The highest BCUT2D eigenvalue weighted by molar-refractivity contribution is 5.93. The third-order valence-electron chi connectivity index (χ3n) is 7.23. The summed E-state index contributed by atoms with van der Waals surface area (Å²) < 4.78 is 12.2. The number of nitrogens with one attached hydrogen (secondary N) is 2. The summed E-state index contributed by atoms with van der Waals surface area (Å²) in [5.74, 6) is 0.891. The molecule has 0 unspecified atom stereocenters. The van der Waals surface area contributed by atoms with Crippen LogP contribution in [0.3, 0.4) is 0 Å². The largest absolute Gasteiger partial charge is 0.487 e. The SMILES string of the molecule is O=C(C[C@H]1C[C@H]2c3cc(NC(=O)C4CCC4)ccc3O[C@H]2[C@@H](CO)O1)NCCc1ccccc1. The van der Waals surface area contributed by atoms with E-state index in [1.165, 1.54) is 5.56 Å². The predicted octanol–water partition coefficient (Wildman–Crippen LogP) is 3.17. The average Bonchev–Trinajstić information content (AvgIpc) is 3.16. The van der Waals surface area contributed by atoms with Crippen molar-refractivity contribution in [2.24, 2.45) is 5.92 Å². The zero-order chi connectivity index (χ0) is 23.5. The van der Waals surface area contributed by atoms with Crippen molar-refractivity contribution in [2.75, 3.05) is 18.5 Å². The lowest BCUT2D eigenvalue weighted by Gasteiger charge is -2.37. The van der Waals surface area contributed by atoms with Crippen LogP contribution in [0.25, 0.3) is 0 Å². The van der Waals surface area contributed by atoms with Crippen LogP contribution in [0, 0.1) is 5.92 Å². The van der Waals surface area contributed by atoms with Crippen molar-refractivity contribution < 1.29 is 24.2 Å². The maximum absolute atomic E-state index is 12.6. The first-order valence-corrected chi connectivity index (χ1v) is 12.3. The zero-order valence-electron chi connectivity index (χ0n) is 19.2. The number of rotatable bonds is 8. The monoisotopic (exact) mass is 464 g/mol. The van der Waals surface area contributed by atoms with E-state index in [9.17, 15) is 14.7 Å². The molecule has 2 amide bonds. The minimum atomic E-state index is -0.499. The molecule has 7 nitrogen and oxygen atoms in total. The number of hydrogen-bond donors (Lipinski definition) is 3. The Morgan fingerprint density at radius 1 is 1.09 bits per heavy atom. The van der Waals surface area contributed by atoms with Gasteiger partial charge in [0.2, 0.25) is 11.8 Å². The average molecular weight is 465 g/mol. The van der Waals surface area contributed by atoms with Crippen molar-refractivity contribution in [1.29, 1.82) is 0 Å². The van der Waals surface area contributed by atoms with Gasteiger partial charge in [0.25, 0.3) is 0 Å². The van der Waals surface area contributed by atoms with Crippen LogP contribution in [-0.4, -0.2) is 48.4 Å². The van der Waals surface area contributed by atoms with E-state index in [-0.39, 0.29) is 48.9 Å². The molecule has 0 spiro atoms. The van der Waals surface area contributed by atoms with Gasteiger partial charge in [-0.1, -0.05) is 36.8 Å². The minimum absolute atomic E-state index is 0.00331. The van der Waals surface area contributed by atoms with Gasteiger partial charge in [-0.3, -0.25) is 9.59 Å². The Bertz CT molecular complexity index is 1020. The lowest BCUT2D eigenvalue weighted by atomic mass is 9.83. The summed E-state index contributed by atoms with van der Waals surface area (Å²) in [4.78, 5) is 25.0. The van der Waals surface area contributed by atoms with E-state index in [1.54, 1.807) is 0 Å². The highest BCUT2D eigenvalue weighted by Crippen LogP contribution is 2.47.